The Morgan fingerprint density at radius 2 is 2.04 bits per heavy atom. The molecule has 2 aliphatic rings. The van der Waals surface area contributed by atoms with Crippen LogP contribution < -0.4 is 0 Å². The van der Waals surface area contributed by atoms with Crippen molar-refractivity contribution >= 4 is 17.8 Å². The molecule has 0 aliphatic carbocycles. The third-order valence-electron chi connectivity index (χ3n) is 5.32. The topological polar surface area (TPSA) is 87.1 Å². The summed E-state index contributed by atoms with van der Waals surface area (Å²) < 4.78 is 5.06. The van der Waals surface area contributed by atoms with Gasteiger partial charge in [-0.1, -0.05) is 30.3 Å². The van der Waals surface area contributed by atoms with E-state index in [4.69, 9.17) is 4.74 Å². The van der Waals surface area contributed by atoms with Gasteiger partial charge >= 0.3 is 5.97 Å². The Kier molecular flexibility index (Phi) is 5.27. The zero-order valence-electron chi connectivity index (χ0n) is 14.9. The molecule has 2 amide bonds. The fourth-order valence-corrected chi connectivity index (χ4v) is 3.84. The summed E-state index contributed by atoms with van der Waals surface area (Å²) in [5.74, 6) is -1.51. The summed E-state index contributed by atoms with van der Waals surface area (Å²) in [6.07, 6.45) is 0.558. The second kappa shape index (κ2) is 7.45. The van der Waals surface area contributed by atoms with Crippen LogP contribution in [0, 0.1) is 11.3 Å². The Morgan fingerprint density at radius 3 is 2.69 bits per heavy atom. The molecule has 1 aromatic rings. The highest BCUT2D eigenvalue weighted by Crippen LogP contribution is 2.33. The van der Waals surface area contributed by atoms with Crippen LogP contribution in [0.1, 0.15) is 18.4 Å². The highest BCUT2D eigenvalue weighted by molar-refractivity contribution is 5.90. The zero-order chi connectivity index (χ0) is 18.7. The third kappa shape index (κ3) is 3.58. The number of hydrogen-bond acceptors (Lipinski definition) is 4. The summed E-state index contributed by atoms with van der Waals surface area (Å²) in [4.78, 5) is 40.0. The fraction of sp³-hybridized carbons (Fsp3) is 0.526. The Morgan fingerprint density at radius 1 is 1.31 bits per heavy atom. The number of carbonyl (C=O) groups is 3. The van der Waals surface area contributed by atoms with Crippen molar-refractivity contribution in [1.29, 1.82) is 0 Å². The molecule has 0 bridgehead atoms. The van der Waals surface area contributed by atoms with Gasteiger partial charge in [0.15, 0.2) is 0 Å². The number of nitrogens with zero attached hydrogens (tertiary/aromatic N) is 2. The number of carboxylic acid groups (broad SMARTS) is 1. The first kappa shape index (κ1) is 18.4. The van der Waals surface area contributed by atoms with E-state index in [0.717, 1.165) is 5.56 Å². The van der Waals surface area contributed by atoms with Gasteiger partial charge in [-0.25, -0.2) is 0 Å². The van der Waals surface area contributed by atoms with Crippen molar-refractivity contribution in [2.75, 3.05) is 33.4 Å². The minimum atomic E-state index is -1.04. The van der Waals surface area contributed by atoms with Crippen molar-refractivity contribution < 1.29 is 24.2 Å². The largest absolute Gasteiger partial charge is 0.481 e. The van der Waals surface area contributed by atoms with Crippen LogP contribution in [-0.2, 0) is 25.7 Å². The van der Waals surface area contributed by atoms with E-state index in [2.05, 4.69) is 0 Å². The molecule has 0 spiro atoms. The lowest BCUT2D eigenvalue weighted by Gasteiger charge is -2.25. The molecule has 0 saturated carbocycles. The molecule has 26 heavy (non-hydrogen) atoms. The molecule has 140 valence electrons. The monoisotopic (exact) mass is 360 g/mol. The molecule has 7 heteroatoms. The van der Waals surface area contributed by atoms with Gasteiger partial charge in [0.1, 0.15) is 5.41 Å². The quantitative estimate of drug-likeness (QED) is 0.817. The summed E-state index contributed by atoms with van der Waals surface area (Å²) in [6.45, 7) is 1.48. The molecule has 1 aromatic carbocycles. The molecular formula is C19H24N2O5. The van der Waals surface area contributed by atoms with Crippen LogP contribution in [0.2, 0.25) is 0 Å². The minimum Gasteiger partial charge on any atom is -0.481 e. The zero-order valence-corrected chi connectivity index (χ0v) is 14.9. The third-order valence-corrected chi connectivity index (χ3v) is 5.32. The average Bonchev–Trinajstić information content (AvgIpc) is 3.21. The maximum Gasteiger partial charge on any atom is 0.313 e. The van der Waals surface area contributed by atoms with E-state index >= 15 is 0 Å². The standard InChI is InChI=1S/C19H24N2O5/c1-26-13-19(18(24)25)7-8-20(12-19)17(23)15-9-16(22)21(11-15)10-14-5-3-2-4-6-14/h2-6,15H,7-13H2,1H3,(H,24,25). The van der Waals surface area contributed by atoms with Crippen LogP contribution >= 0.6 is 0 Å². The smallest absolute Gasteiger partial charge is 0.313 e. The lowest BCUT2D eigenvalue weighted by atomic mass is 9.88. The van der Waals surface area contributed by atoms with E-state index in [1.807, 2.05) is 30.3 Å². The predicted octanol–water partition coefficient (Wildman–Crippen LogP) is 0.985. The highest BCUT2D eigenvalue weighted by atomic mass is 16.5. The second-order valence-electron chi connectivity index (χ2n) is 7.19. The number of rotatable bonds is 6. The van der Waals surface area contributed by atoms with Gasteiger partial charge in [0.25, 0.3) is 0 Å². The molecule has 0 aromatic heterocycles. The van der Waals surface area contributed by atoms with E-state index in [0.29, 0.717) is 26.1 Å². The lowest BCUT2D eigenvalue weighted by Crippen LogP contribution is -2.42. The normalized spacial score (nSPS) is 25.7. The molecule has 7 nitrogen and oxygen atoms in total. The number of carbonyl (C=O) groups excluding carboxylic acids is 2. The number of aliphatic carboxylic acids is 1. The molecule has 0 radical (unpaired) electrons. The second-order valence-corrected chi connectivity index (χ2v) is 7.19. The van der Waals surface area contributed by atoms with Crippen LogP contribution in [0.25, 0.3) is 0 Å². The Bertz CT molecular complexity index is 692. The molecule has 2 aliphatic heterocycles. The summed E-state index contributed by atoms with van der Waals surface area (Å²) in [7, 11) is 1.46. The number of benzene rings is 1. The van der Waals surface area contributed by atoms with Gasteiger partial charge in [0.05, 0.1) is 12.5 Å². The number of carboxylic acids is 1. The Labute approximate surface area is 152 Å². The van der Waals surface area contributed by atoms with Crippen LogP contribution in [0.3, 0.4) is 0 Å². The fourth-order valence-electron chi connectivity index (χ4n) is 3.84. The van der Waals surface area contributed by atoms with Crippen LogP contribution in [0.4, 0.5) is 0 Å². The SMILES string of the molecule is COCC1(C(=O)O)CCN(C(=O)C2CC(=O)N(Cc3ccccc3)C2)C1. The van der Waals surface area contributed by atoms with Crippen molar-refractivity contribution in [3.8, 4) is 0 Å². The van der Waals surface area contributed by atoms with Gasteiger partial charge < -0.3 is 19.6 Å². The first-order valence-corrected chi connectivity index (χ1v) is 8.78. The maximum atomic E-state index is 12.8. The molecule has 2 fully saturated rings. The van der Waals surface area contributed by atoms with Crippen molar-refractivity contribution in [3.05, 3.63) is 35.9 Å². The minimum absolute atomic E-state index is 0.0345. The van der Waals surface area contributed by atoms with Gasteiger partial charge in [-0.05, 0) is 12.0 Å². The summed E-state index contributed by atoms with van der Waals surface area (Å²) in [5.41, 5.74) is -0.0170. The van der Waals surface area contributed by atoms with Crippen LogP contribution in [0.15, 0.2) is 30.3 Å². The Hall–Kier alpha value is -2.41. The van der Waals surface area contributed by atoms with Crippen molar-refractivity contribution in [1.82, 2.24) is 9.80 Å². The molecule has 2 atom stereocenters. The number of amides is 2. The first-order chi connectivity index (χ1) is 12.4. The summed E-state index contributed by atoms with van der Waals surface area (Å²) in [6, 6.07) is 9.67. The molecule has 1 N–H and O–H groups in total. The number of methoxy groups -OCH3 is 1. The number of ether oxygens (including phenoxy) is 1. The van der Waals surface area contributed by atoms with E-state index in [1.54, 1.807) is 9.80 Å². The van der Waals surface area contributed by atoms with Crippen LogP contribution in [0.5, 0.6) is 0 Å². The summed E-state index contributed by atoms with van der Waals surface area (Å²) >= 11 is 0. The molecule has 2 unspecified atom stereocenters. The first-order valence-electron chi connectivity index (χ1n) is 8.78. The van der Waals surface area contributed by atoms with E-state index in [9.17, 15) is 19.5 Å². The van der Waals surface area contributed by atoms with Crippen molar-refractivity contribution in [2.24, 2.45) is 11.3 Å². The maximum absolute atomic E-state index is 12.8. The van der Waals surface area contributed by atoms with Gasteiger partial charge in [-0.2, -0.15) is 0 Å². The van der Waals surface area contributed by atoms with Crippen molar-refractivity contribution in [3.63, 3.8) is 0 Å². The number of hydrogen-bond donors (Lipinski definition) is 1. The Balaban J connectivity index is 1.62. The highest BCUT2D eigenvalue weighted by Gasteiger charge is 2.48. The average molecular weight is 360 g/mol. The van der Waals surface area contributed by atoms with Gasteiger partial charge in [0.2, 0.25) is 11.8 Å². The number of likely N-dealkylation sites (tertiary alicyclic amines) is 2. The summed E-state index contributed by atoms with van der Waals surface area (Å²) in [5, 5.41) is 9.53. The lowest BCUT2D eigenvalue weighted by molar-refractivity contribution is -0.152. The molecular weight excluding hydrogens is 336 g/mol. The van der Waals surface area contributed by atoms with Gasteiger partial charge in [0, 0.05) is 39.7 Å². The predicted molar refractivity (Wildman–Crippen MR) is 93.1 cm³/mol. The molecule has 3 rings (SSSR count). The van der Waals surface area contributed by atoms with Gasteiger partial charge in [-0.3, -0.25) is 14.4 Å². The van der Waals surface area contributed by atoms with Crippen LogP contribution in [-0.4, -0.2) is 66.0 Å². The molecule has 2 saturated heterocycles. The van der Waals surface area contributed by atoms with Crippen molar-refractivity contribution in [2.45, 2.75) is 19.4 Å². The van der Waals surface area contributed by atoms with E-state index in [-0.39, 0.29) is 31.4 Å². The molecule has 2 heterocycles. The van der Waals surface area contributed by atoms with E-state index in [1.165, 1.54) is 7.11 Å². The van der Waals surface area contributed by atoms with Gasteiger partial charge in [-0.15, -0.1) is 0 Å². The van der Waals surface area contributed by atoms with E-state index < -0.39 is 17.3 Å².